The SMILES string of the molecule is C[C@@H]1CC2C(=O)O[C@@H](C)[C@H](NC(=O)[C@H](Cc3cc(F)cc(F)c3)NC(=O)Nc3ccc(OC(F)(F)F)cc3)C(=O)N3CCCC3C(=O)N(C)[C@@H]([C@H](C)O)C(=O)N[C@@H](C)C(=O)N2C1. The number of aliphatic hydroxyl groups is 1. The van der Waals surface area contributed by atoms with Crippen LogP contribution in [0, 0.1) is 17.6 Å². The van der Waals surface area contributed by atoms with Crippen molar-refractivity contribution in [2.24, 2.45) is 5.92 Å². The number of ether oxygens (including phenoxy) is 2. The highest BCUT2D eigenvalue weighted by atomic mass is 19.4. The van der Waals surface area contributed by atoms with Crippen LogP contribution in [0.4, 0.5) is 32.4 Å². The van der Waals surface area contributed by atoms with Crippen LogP contribution in [-0.4, -0.2) is 136 Å². The van der Waals surface area contributed by atoms with Gasteiger partial charge in [0.15, 0.2) is 0 Å². The van der Waals surface area contributed by atoms with E-state index < -0.39 is 120 Å². The van der Waals surface area contributed by atoms with Gasteiger partial charge in [0.2, 0.25) is 29.5 Å². The molecule has 5 rings (SSSR count). The maximum absolute atomic E-state index is 14.6. The molecule has 0 radical (unpaired) electrons. The number of carbonyl (C=O) groups excluding carboxylic acids is 7. The van der Waals surface area contributed by atoms with Crippen molar-refractivity contribution in [1.29, 1.82) is 0 Å². The zero-order valence-corrected chi connectivity index (χ0v) is 34.3. The highest BCUT2D eigenvalue weighted by molar-refractivity contribution is 5.98. The molecule has 0 aromatic heterocycles. The van der Waals surface area contributed by atoms with E-state index in [1.165, 1.54) is 32.7 Å². The van der Waals surface area contributed by atoms with Gasteiger partial charge >= 0.3 is 18.4 Å². The van der Waals surface area contributed by atoms with Gasteiger partial charge in [0.25, 0.3) is 0 Å². The monoisotopic (exact) mass is 881 g/mol. The van der Waals surface area contributed by atoms with E-state index in [9.17, 15) is 60.6 Å². The van der Waals surface area contributed by atoms with Gasteiger partial charge in [-0.25, -0.2) is 18.4 Å². The third-order valence-corrected chi connectivity index (χ3v) is 10.8. The van der Waals surface area contributed by atoms with Crippen LogP contribution in [0.3, 0.4) is 0 Å². The first-order valence-corrected chi connectivity index (χ1v) is 19.8. The Labute approximate surface area is 352 Å². The van der Waals surface area contributed by atoms with E-state index in [-0.39, 0.29) is 49.5 Å². The van der Waals surface area contributed by atoms with Crippen LogP contribution in [-0.2, 0) is 39.9 Å². The lowest BCUT2D eigenvalue weighted by atomic mass is 10.0. The number of hydrogen-bond donors (Lipinski definition) is 5. The normalized spacial score (nSPS) is 26.2. The van der Waals surface area contributed by atoms with Crippen molar-refractivity contribution in [2.45, 2.75) is 108 Å². The summed E-state index contributed by atoms with van der Waals surface area (Å²) in [6.45, 7) is 5.75. The first-order chi connectivity index (χ1) is 29.0. The minimum atomic E-state index is -4.99. The number of fused-ring (bicyclic) bond motifs is 2. The molecule has 3 aliphatic rings. The number of alkyl halides is 3. The molecule has 0 spiro atoms. The predicted molar refractivity (Wildman–Crippen MR) is 206 cm³/mol. The minimum Gasteiger partial charge on any atom is -0.458 e. The molecule has 62 heavy (non-hydrogen) atoms. The van der Waals surface area contributed by atoms with Crippen LogP contribution >= 0.6 is 0 Å². The second-order valence-corrected chi connectivity index (χ2v) is 15.7. The van der Waals surface area contributed by atoms with Crippen molar-refractivity contribution in [1.82, 2.24) is 30.7 Å². The lowest BCUT2D eigenvalue weighted by Gasteiger charge is -2.37. The van der Waals surface area contributed by atoms with Crippen LogP contribution in [0.5, 0.6) is 5.75 Å². The van der Waals surface area contributed by atoms with Crippen LogP contribution in [0.25, 0.3) is 0 Å². The fourth-order valence-corrected chi connectivity index (χ4v) is 7.88. The third-order valence-electron chi connectivity index (χ3n) is 10.8. The maximum atomic E-state index is 14.6. The molecule has 7 amide bonds. The summed E-state index contributed by atoms with van der Waals surface area (Å²) in [5, 5.41) is 20.4. The van der Waals surface area contributed by atoms with Gasteiger partial charge < -0.3 is 50.5 Å². The molecule has 5 N–H and O–H groups in total. The number of carbonyl (C=O) groups is 7. The fourth-order valence-electron chi connectivity index (χ4n) is 7.88. The van der Waals surface area contributed by atoms with E-state index in [0.29, 0.717) is 6.07 Å². The van der Waals surface area contributed by atoms with Gasteiger partial charge in [-0.1, -0.05) is 6.92 Å². The lowest BCUT2D eigenvalue weighted by Crippen LogP contribution is -2.63. The molecule has 17 nitrogen and oxygen atoms in total. The number of urea groups is 1. The zero-order valence-electron chi connectivity index (χ0n) is 34.3. The summed E-state index contributed by atoms with van der Waals surface area (Å²) in [5.41, 5.74) is -0.186. The number of amides is 7. The number of aliphatic hydroxyl groups excluding tert-OH is 1. The van der Waals surface area contributed by atoms with Gasteiger partial charge in [0, 0.05) is 38.3 Å². The number of esters is 1. The second kappa shape index (κ2) is 19.3. The molecule has 0 saturated carbocycles. The quantitative estimate of drug-likeness (QED) is 0.192. The molecular formula is C40H48F5N7O10. The smallest absolute Gasteiger partial charge is 0.458 e. The van der Waals surface area contributed by atoms with Gasteiger partial charge in [-0.2, -0.15) is 0 Å². The largest absolute Gasteiger partial charge is 0.573 e. The van der Waals surface area contributed by atoms with Gasteiger partial charge in [-0.15, -0.1) is 13.2 Å². The number of benzene rings is 2. The number of hydrogen-bond acceptors (Lipinski definition) is 10. The molecule has 338 valence electrons. The molecule has 3 heterocycles. The van der Waals surface area contributed by atoms with E-state index in [2.05, 4.69) is 26.0 Å². The molecule has 3 saturated heterocycles. The number of rotatable bonds is 8. The van der Waals surface area contributed by atoms with Crippen molar-refractivity contribution < 1.29 is 70.1 Å². The van der Waals surface area contributed by atoms with Crippen LogP contribution in [0.15, 0.2) is 42.5 Å². The Kier molecular flexibility index (Phi) is 14.7. The molecule has 22 heteroatoms. The average molecular weight is 882 g/mol. The van der Waals surface area contributed by atoms with Gasteiger partial charge in [0.05, 0.1) is 6.10 Å². The van der Waals surface area contributed by atoms with Gasteiger partial charge in [-0.05, 0) is 87.9 Å². The summed E-state index contributed by atoms with van der Waals surface area (Å²) in [5.74, 6) is -8.21. The highest BCUT2D eigenvalue weighted by Crippen LogP contribution is 2.28. The molecule has 0 aliphatic carbocycles. The highest BCUT2D eigenvalue weighted by Gasteiger charge is 2.47. The van der Waals surface area contributed by atoms with E-state index in [1.807, 2.05) is 0 Å². The number of nitrogens with one attached hydrogen (secondary N) is 4. The number of likely N-dealkylation sites (N-methyl/N-ethyl adjacent to an activating group) is 1. The van der Waals surface area contributed by atoms with E-state index in [1.54, 1.807) is 6.92 Å². The molecular weight excluding hydrogens is 833 g/mol. The summed E-state index contributed by atoms with van der Waals surface area (Å²) >= 11 is 0. The minimum absolute atomic E-state index is 0.0411. The van der Waals surface area contributed by atoms with Crippen molar-refractivity contribution >= 4 is 47.2 Å². The second-order valence-electron chi connectivity index (χ2n) is 15.7. The molecule has 0 bridgehead atoms. The third kappa shape index (κ3) is 11.4. The molecule has 9 atom stereocenters. The number of nitrogens with zero attached hydrogens (tertiary/aromatic N) is 3. The fraction of sp³-hybridized carbons (Fsp3) is 0.525. The zero-order chi connectivity index (χ0) is 45.8. The maximum Gasteiger partial charge on any atom is 0.573 e. The van der Waals surface area contributed by atoms with Gasteiger partial charge in [-0.3, -0.25) is 24.0 Å². The Morgan fingerprint density at radius 1 is 0.952 bits per heavy atom. The predicted octanol–water partition coefficient (Wildman–Crippen LogP) is 1.97. The Morgan fingerprint density at radius 2 is 1.60 bits per heavy atom. The standard InChI is InChI=1S/C40H48F5N7O10/c1-19-13-30-38(59)61-22(4)31(37(58)51-12-6-7-29(51)36(57)50(5)32(21(3)53)34(55)46-20(2)35(56)52(30)18-19)49-33(54)28(16-23-14-24(41)17-25(42)15-23)48-39(60)47-26-8-10-27(11-9-26)62-40(43,44)45/h8-11,14-15,17,19-22,28-32,53H,6-7,12-13,16,18H2,1-5H3,(H,46,55)(H,49,54)(H2,47,48,60)/t19-,20+,21+,22+,28+,29?,30?,31+,32+/m1/s1. The first-order valence-electron chi connectivity index (χ1n) is 19.8. The average Bonchev–Trinajstić information content (AvgIpc) is 3.82. The summed E-state index contributed by atoms with van der Waals surface area (Å²) in [7, 11) is 1.25. The Balaban J connectivity index is 1.49. The van der Waals surface area contributed by atoms with E-state index in [0.717, 1.165) is 46.2 Å². The topological polar surface area (TPSA) is 216 Å². The molecule has 2 aromatic rings. The summed E-state index contributed by atoms with van der Waals surface area (Å²) in [4.78, 5) is 101. The summed E-state index contributed by atoms with van der Waals surface area (Å²) in [6, 6.07) is -3.54. The van der Waals surface area contributed by atoms with Crippen LogP contribution in [0.2, 0.25) is 0 Å². The van der Waals surface area contributed by atoms with Crippen LogP contribution < -0.4 is 26.0 Å². The van der Waals surface area contributed by atoms with Crippen molar-refractivity contribution in [3.05, 3.63) is 59.7 Å². The Hall–Kier alpha value is -6.06. The molecule has 3 fully saturated rings. The van der Waals surface area contributed by atoms with E-state index >= 15 is 0 Å². The van der Waals surface area contributed by atoms with Crippen molar-refractivity contribution in [3.63, 3.8) is 0 Å². The number of anilines is 1. The van der Waals surface area contributed by atoms with Crippen LogP contribution in [0.1, 0.15) is 52.5 Å². The van der Waals surface area contributed by atoms with Crippen molar-refractivity contribution in [3.8, 4) is 5.75 Å². The van der Waals surface area contributed by atoms with E-state index in [4.69, 9.17) is 4.74 Å². The van der Waals surface area contributed by atoms with Crippen molar-refractivity contribution in [2.75, 3.05) is 25.5 Å². The molecule has 2 unspecified atom stereocenters. The first kappa shape index (κ1) is 47.0. The summed E-state index contributed by atoms with van der Waals surface area (Å²) in [6.07, 6.45) is -8.05. The Bertz CT molecular complexity index is 2020. The molecule has 3 aliphatic heterocycles. The van der Waals surface area contributed by atoms with Gasteiger partial charge in [0.1, 0.15) is 59.7 Å². The molecule has 2 aromatic carbocycles. The lowest BCUT2D eigenvalue weighted by molar-refractivity contribution is -0.274. The Morgan fingerprint density at radius 3 is 2.21 bits per heavy atom. The summed E-state index contributed by atoms with van der Waals surface area (Å²) < 4.78 is 76.2. The number of halogens is 5. The number of cyclic esters (lactones) is 1.